The van der Waals surface area contributed by atoms with Gasteiger partial charge in [-0.25, -0.2) is 14.2 Å². The highest BCUT2D eigenvalue weighted by molar-refractivity contribution is 5.99. The van der Waals surface area contributed by atoms with Gasteiger partial charge in [0, 0.05) is 35.0 Å². The quantitative estimate of drug-likeness (QED) is 0.329. The molecule has 0 fully saturated rings. The number of aromatic nitrogens is 4. The van der Waals surface area contributed by atoms with Crippen LogP contribution in [0.1, 0.15) is 26.5 Å². The van der Waals surface area contributed by atoms with Crippen LogP contribution in [0.2, 0.25) is 0 Å². The molecule has 0 aliphatic heterocycles. The van der Waals surface area contributed by atoms with Crippen molar-refractivity contribution in [2.75, 3.05) is 10.6 Å². The van der Waals surface area contributed by atoms with Gasteiger partial charge in [-0.15, -0.1) is 0 Å². The number of benzene rings is 1. The maximum Gasteiger partial charge on any atom is 0.325 e. The Labute approximate surface area is 200 Å². The van der Waals surface area contributed by atoms with Gasteiger partial charge in [0.15, 0.2) is 5.82 Å². The number of imidazole rings is 1. The molecule has 9 heteroatoms. The summed E-state index contributed by atoms with van der Waals surface area (Å²) in [5, 5.41) is 8.89. The predicted octanol–water partition coefficient (Wildman–Crippen LogP) is 6.13. The topological polar surface area (TPSA) is 97.3 Å². The number of carbonyl (C=O) groups is 1. The molecule has 35 heavy (non-hydrogen) atoms. The standard InChI is InChI=1S/C26H23FN6O2/c1-26(2,3)22-14-23(32-35-22)31-25(34)30-20-8-7-17(12-18(20)27)21-15-29-24-13-16(9-11-33(21)24)19-6-4-5-10-28-19/h4-15H,1-3H3,(H2,30,31,32,34). The first-order chi connectivity index (χ1) is 16.8. The van der Waals surface area contributed by atoms with Gasteiger partial charge in [-0.05, 0) is 36.4 Å². The zero-order valence-corrected chi connectivity index (χ0v) is 19.4. The Balaban J connectivity index is 1.33. The number of urea groups is 1. The predicted molar refractivity (Wildman–Crippen MR) is 132 cm³/mol. The van der Waals surface area contributed by atoms with E-state index in [-0.39, 0.29) is 16.9 Å². The third-order valence-corrected chi connectivity index (χ3v) is 5.48. The zero-order valence-electron chi connectivity index (χ0n) is 19.4. The van der Waals surface area contributed by atoms with Crippen LogP contribution in [0.15, 0.2) is 77.7 Å². The highest BCUT2D eigenvalue weighted by atomic mass is 19.1. The van der Waals surface area contributed by atoms with E-state index in [4.69, 9.17) is 4.52 Å². The number of amides is 2. The number of pyridine rings is 2. The molecule has 1 aromatic carbocycles. The van der Waals surface area contributed by atoms with Crippen LogP contribution < -0.4 is 10.6 Å². The molecule has 0 aliphatic carbocycles. The van der Waals surface area contributed by atoms with E-state index in [1.807, 2.05) is 61.7 Å². The minimum absolute atomic E-state index is 0.0389. The van der Waals surface area contributed by atoms with E-state index in [0.717, 1.165) is 17.0 Å². The fourth-order valence-electron chi connectivity index (χ4n) is 3.62. The first-order valence-corrected chi connectivity index (χ1v) is 11.0. The second-order valence-corrected chi connectivity index (χ2v) is 9.10. The molecular formula is C26H23FN6O2. The largest absolute Gasteiger partial charge is 0.359 e. The lowest BCUT2D eigenvalue weighted by atomic mass is 9.93. The number of carbonyl (C=O) groups excluding carboxylic acids is 1. The Morgan fingerprint density at radius 2 is 1.86 bits per heavy atom. The normalized spacial score (nSPS) is 11.5. The Bertz CT molecular complexity index is 1520. The van der Waals surface area contributed by atoms with Gasteiger partial charge in [-0.2, -0.15) is 0 Å². The molecule has 5 aromatic rings. The zero-order chi connectivity index (χ0) is 24.6. The summed E-state index contributed by atoms with van der Waals surface area (Å²) in [6.07, 6.45) is 5.30. The molecule has 4 aromatic heterocycles. The summed E-state index contributed by atoms with van der Waals surface area (Å²) in [7, 11) is 0. The first-order valence-electron chi connectivity index (χ1n) is 11.0. The summed E-state index contributed by atoms with van der Waals surface area (Å²) in [4.78, 5) is 21.2. The van der Waals surface area contributed by atoms with Crippen molar-refractivity contribution in [2.45, 2.75) is 26.2 Å². The number of nitrogens with zero attached hydrogens (tertiary/aromatic N) is 4. The van der Waals surface area contributed by atoms with Crippen LogP contribution in [0, 0.1) is 5.82 Å². The number of hydrogen-bond donors (Lipinski definition) is 2. The maximum atomic E-state index is 14.9. The molecule has 0 unspecified atom stereocenters. The number of fused-ring (bicyclic) bond motifs is 1. The lowest BCUT2D eigenvalue weighted by molar-refractivity contribution is 0.261. The summed E-state index contributed by atoms with van der Waals surface area (Å²) in [6, 6.07) is 15.2. The lowest BCUT2D eigenvalue weighted by Gasteiger charge is -2.12. The fourth-order valence-corrected chi connectivity index (χ4v) is 3.62. The molecule has 2 amide bonds. The average molecular weight is 471 g/mol. The summed E-state index contributed by atoms with van der Waals surface area (Å²) in [6.45, 7) is 5.91. The summed E-state index contributed by atoms with van der Waals surface area (Å²) in [5.74, 6) is 0.303. The van der Waals surface area contributed by atoms with Gasteiger partial charge < -0.3 is 9.84 Å². The van der Waals surface area contributed by atoms with Crippen molar-refractivity contribution in [1.82, 2.24) is 19.5 Å². The van der Waals surface area contributed by atoms with Crippen LogP contribution in [0.25, 0.3) is 28.2 Å². The van der Waals surface area contributed by atoms with Gasteiger partial charge in [0.25, 0.3) is 0 Å². The molecule has 0 saturated heterocycles. The Kier molecular flexibility index (Phi) is 5.52. The molecule has 0 saturated carbocycles. The third kappa shape index (κ3) is 4.61. The van der Waals surface area contributed by atoms with Crippen LogP contribution >= 0.6 is 0 Å². The molecule has 0 atom stereocenters. The van der Waals surface area contributed by atoms with E-state index in [9.17, 15) is 9.18 Å². The van der Waals surface area contributed by atoms with Crippen molar-refractivity contribution >= 4 is 23.2 Å². The van der Waals surface area contributed by atoms with Gasteiger partial charge >= 0.3 is 6.03 Å². The highest BCUT2D eigenvalue weighted by Gasteiger charge is 2.20. The minimum atomic E-state index is -0.623. The second-order valence-electron chi connectivity index (χ2n) is 9.10. The molecule has 0 aliphatic rings. The smallest absolute Gasteiger partial charge is 0.325 e. The number of anilines is 2. The van der Waals surface area contributed by atoms with E-state index in [1.165, 1.54) is 12.1 Å². The molecule has 2 N–H and O–H groups in total. The molecule has 0 bridgehead atoms. The molecule has 8 nitrogen and oxygen atoms in total. The van der Waals surface area contributed by atoms with E-state index in [2.05, 4.69) is 25.8 Å². The van der Waals surface area contributed by atoms with Crippen molar-refractivity contribution in [3.63, 3.8) is 0 Å². The fraction of sp³-hybridized carbons (Fsp3) is 0.154. The van der Waals surface area contributed by atoms with Gasteiger partial charge in [0.2, 0.25) is 0 Å². The third-order valence-electron chi connectivity index (χ3n) is 5.48. The van der Waals surface area contributed by atoms with Gasteiger partial charge in [-0.3, -0.25) is 14.7 Å². The van der Waals surface area contributed by atoms with Crippen molar-refractivity contribution in [1.29, 1.82) is 0 Å². The second kappa shape index (κ2) is 8.68. The van der Waals surface area contributed by atoms with E-state index < -0.39 is 11.8 Å². The molecule has 176 valence electrons. The van der Waals surface area contributed by atoms with Crippen LogP contribution in [0.5, 0.6) is 0 Å². The summed E-state index contributed by atoms with van der Waals surface area (Å²) < 4.78 is 22.0. The SMILES string of the molecule is CC(C)(C)c1cc(NC(=O)Nc2ccc(-c3cnc4cc(-c5ccccn5)ccn34)cc2F)no1. The van der Waals surface area contributed by atoms with Crippen molar-refractivity contribution < 1.29 is 13.7 Å². The Morgan fingerprint density at radius 1 is 1.00 bits per heavy atom. The maximum absolute atomic E-state index is 14.9. The van der Waals surface area contributed by atoms with Crippen molar-refractivity contribution in [3.05, 3.63) is 84.8 Å². The number of rotatable bonds is 4. The van der Waals surface area contributed by atoms with Crippen molar-refractivity contribution in [3.8, 4) is 22.5 Å². The van der Waals surface area contributed by atoms with Gasteiger partial charge in [0.1, 0.15) is 17.2 Å². The number of nitrogens with one attached hydrogen (secondary N) is 2. The lowest BCUT2D eigenvalue weighted by Crippen LogP contribution is -2.20. The van der Waals surface area contributed by atoms with Gasteiger partial charge in [-0.1, -0.05) is 38.1 Å². The minimum Gasteiger partial charge on any atom is -0.359 e. The van der Waals surface area contributed by atoms with Crippen LogP contribution in [-0.2, 0) is 5.41 Å². The summed E-state index contributed by atoms with van der Waals surface area (Å²) >= 11 is 0. The van der Waals surface area contributed by atoms with Crippen LogP contribution in [0.4, 0.5) is 20.7 Å². The monoisotopic (exact) mass is 470 g/mol. The molecule has 5 rings (SSSR count). The Hall–Kier alpha value is -4.53. The van der Waals surface area contributed by atoms with Crippen LogP contribution in [-0.4, -0.2) is 25.6 Å². The highest BCUT2D eigenvalue weighted by Crippen LogP contribution is 2.28. The first kappa shape index (κ1) is 22.3. The van der Waals surface area contributed by atoms with E-state index >= 15 is 0 Å². The molecule has 4 heterocycles. The van der Waals surface area contributed by atoms with Gasteiger partial charge in [0.05, 0.1) is 23.3 Å². The molecule has 0 spiro atoms. The number of hydrogen-bond acceptors (Lipinski definition) is 5. The molecule has 0 radical (unpaired) electrons. The molecular weight excluding hydrogens is 447 g/mol. The van der Waals surface area contributed by atoms with E-state index in [0.29, 0.717) is 17.0 Å². The van der Waals surface area contributed by atoms with Crippen molar-refractivity contribution in [2.24, 2.45) is 0 Å². The summed E-state index contributed by atoms with van der Waals surface area (Å²) in [5.41, 5.74) is 3.64. The average Bonchev–Trinajstić information content (AvgIpc) is 3.48. The Morgan fingerprint density at radius 3 is 2.57 bits per heavy atom. The van der Waals surface area contributed by atoms with Crippen LogP contribution in [0.3, 0.4) is 0 Å². The number of halogens is 1. The van der Waals surface area contributed by atoms with E-state index in [1.54, 1.807) is 24.5 Å².